The molecule has 2 heterocycles. The molecule has 1 aliphatic rings. The van der Waals surface area contributed by atoms with E-state index in [1.807, 2.05) is 0 Å². The Bertz CT molecular complexity index is 526. The Hall–Kier alpha value is -1.77. The summed E-state index contributed by atoms with van der Waals surface area (Å²) in [6.45, 7) is -0.940. The first-order valence-corrected chi connectivity index (χ1v) is 6.16. The molecule has 0 unspecified atom stereocenters. The third-order valence-electron chi connectivity index (χ3n) is 3.14. The molecule has 0 aliphatic carbocycles. The molecule has 21 heavy (non-hydrogen) atoms. The fourth-order valence-electron chi connectivity index (χ4n) is 2.12. The quantitative estimate of drug-likeness (QED) is 0.616. The van der Waals surface area contributed by atoms with Gasteiger partial charge in [-0.2, -0.15) is 17.6 Å². The Morgan fingerprint density at radius 2 is 1.81 bits per heavy atom. The van der Waals surface area contributed by atoms with Gasteiger partial charge in [0.1, 0.15) is 0 Å². The fourth-order valence-corrected chi connectivity index (χ4v) is 2.12. The second-order valence-electron chi connectivity index (χ2n) is 4.65. The third-order valence-corrected chi connectivity index (χ3v) is 3.14. The van der Waals surface area contributed by atoms with Gasteiger partial charge in [0.25, 0.3) is 5.91 Å². The molecule has 0 saturated carbocycles. The zero-order chi connectivity index (χ0) is 15.6. The number of rotatable bonds is 2. The lowest BCUT2D eigenvalue weighted by Gasteiger charge is -2.35. The predicted molar refractivity (Wildman–Crippen MR) is 62.6 cm³/mol. The van der Waals surface area contributed by atoms with Crippen LogP contribution in [0.1, 0.15) is 10.4 Å². The molecule has 1 amide bonds. The van der Waals surface area contributed by atoms with Crippen LogP contribution in [0.3, 0.4) is 0 Å². The first kappa shape index (κ1) is 15.6. The largest absolute Gasteiger partial charge is 0.401 e. The molecule has 1 aliphatic heterocycles. The Labute approximate surface area is 117 Å². The SMILES string of the molecule is O=C(c1ccnc(F)c1F)N1CCN(CC(F)(F)F)CC1. The van der Waals surface area contributed by atoms with Crippen LogP contribution < -0.4 is 0 Å². The first-order chi connectivity index (χ1) is 9.78. The van der Waals surface area contributed by atoms with Gasteiger partial charge in [0.05, 0.1) is 12.1 Å². The molecule has 116 valence electrons. The second-order valence-corrected chi connectivity index (χ2v) is 4.65. The normalized spacial score (nSPS) is 17.1. The molecule has 2 rings (SSSR count). The summed E-state index contributed by atoms with van der Waals surface area (Å²) in [4.78, 5) is 17.4. The first-order valence-electron chi connectivity index (χ1n) is 6.16. The van der Waals surface area contributed by atoms with Crippen molar-refractivity contribution in [3.63, 3.8) is 0 Å². The second kappa shape index (κ2) is 5.92. The van der Waals surface area contributed by atoms with E-state index in [1.54, 1.807) is 0 Å². The molecule has 0 N–H and O–H groups in total. The van der Waals surface area contributed by atoms with Gasteiger partial charge in [-0.15, -0.1) is 0 Å². The van der Waals surface area contributed by atoms with Crippen LogP contribution in [0.5, 0.6) is 0 Å². The maximum absolute atomic E-state index is 13.5. The lowest BCUT2D eigenvalue weighted by molar-refractivity contribution is -0.148. The number of carbonyl (C=O) groups excluding carboxylic acids is 1. The van der Waals surface area contributed by atoms with Gasteiger partial charge in [0, 0.05) is 32.4 Å². The Balaban J connectivity index is 1.99. The molecule has 0 bridgehead atoms. The van der Waals surface area contributed by atoms with Crippen LogP contribution in [0.4, 0.5) is 22.0 Å². The molecule has 0 spiro atoms. The number of pyridine rings is 1. The van der Waals surface area contributed by atoms with Gasteiger partial charge in [0.2, 0.25) is 5.95 Å². The number of hydrogen-bond acceptors (Lipinski definition) is 3. The molecule has 1 fully saturated rings. The summed E-state index contributed by atoms with van der Waals surface area (Å²) in [6.07, 6.45) is -3.34. The Morgan fingerprint density at radius 3 is 2.38 bits per heavy atom. The molecule has 0 atom stereocenters. The molecule has 0 radical (unpaired) electrons. The van der Waals surface area contributed by atoms with E-state index in [4.69, 9.17) is 0 Å². The highest BCUT2D eigenvalue weighted by Crippen LogP contribution is 2.18. The van der Waals surface area contributed by atoms with Crippen molar-refractivity contribution in [2.24, 2.45) is 0 Å². The van der Waals surface area contributed by atoms with Crippen molar-refractivity contribution in [1.82, 2.24) is 14.8 Å². The minimum Gasteiger partial charge on any atom is -0.336 e. The average Bonchev–Trinajstić information content (AvgIpc) is 2.40. The van der Waals surface area contributed by atoms with Crippen molar-refractivity contribution in [2.75, 3.05) is 32.7 Å². The lowest BCUT2D eigenvalue weighted by Crippen LogP contribution is -2.51. The molecule has 1 aromatic heterocycles. The van der Waals surface area contributed by atoms with Crippen molar-refractivity contribution in [3.8, 4) is 0 Å². The van der Waals surface area contributed by atoms with E-state index in [1.165, 1.54) is 4.90 Å². The number of halogens is 5. The van der Waals surface area contributed by atoms with E-state index in [9.17, 15) is 26.7 Å². The number of amides is 1. The van der Waals surface area contributed by atoms with Gasteiger partial charge in [-0.05, 0) is 6.07 Å². The number of alkyl halides is 3. The summed E-state index contributed by atoms with van der Waals surface area (Å²) in [5.74, 6) is -3.47. The number of piperazine rings is 1. The summed E-state index contributed by atoms with van der Waals surface area (Å²) < 4.78 is 63.1. The van der Waals surface area contributed by atoms with E-state index < -0.39 is 36.0 Å². The summed E-state index contributed by atoms with van der Waals surface area (Å²) in [5, 5.41) is 0. The predicted octanol–water partition coefficient (Wildman–Crippen LogP) is 1.68. The molecule has 4 nitrogen and oxygen atoms in total. The Morgan fingerprint density at radius 1 is 1.19 bits per heavy atom. The van der Waals surface area contributed by atoms with Crippen LogP contribution >= 0.6 is 0 Å². The van der Waals surface area contributed by atoms with Gasteiger partial charge < -0.3 is 4.90 Å². The van der Waals surface area contributed by atoms with Crippen LogP contribution in [0, 0.1) is 11.8 Å². The van der Waals surface area contributed by atoms with Gasteiger partial charge >= 0.3 is 6.18 Å². The molecular weight excluding hydrogens is 297 g/mol. The fraction of sp³-hybridized carbons (Fsp3) is 0.500. The van der Waals surface area contributed by atoms with Crippen molar-refractivity contribution in [3.05, 3.63) is 29.6 Å². The Kier molecular flexibility index (Phi) is 4.40. The zero-order valence-corrected chi connectivity index (χ0v) is 10.8. The topological polar surface area (TPSA) is 36.4 Å². The van der Waals surface area contributed by atoms with E-state index in [0.29, 0.717) is 0 Å². The summed E-state index contributed by atoms with van der Waals surface area (Å²) in [7, 11) is 0. The minimum atomic E-state index is -4.30. The van der Waals surface area contributed by atoms with Gasteiger partial charge in [-0.3, -0.25) is 9.69 Å². The summed E-state index contributed by atoms with van der Waals surface area (Å²) >= 11 is 0. The molecule has 9 heteroatoms. The van der Waals surface area contributed by atoms with Crippen molar-refractivity contribution in [1.29, 1.82) is 0 Å². The average molecular weight is 309 g/mol. The molecule has 1 aromatic rings. The van der Waals surface area contributed by atoms with E-state index in [2.05, 4.69) is 4.98 Å². The van der Waals surface area contributed by atoms with Crippen LogP contribution in [-0.2, 0) is 0 Å². The van der Waals surface area contributed by atoms with Crippen LogP contribution in [0.2, 0.25) is 0 Å². The highest BCUT2D eigenvalue weighted by molar-refractivity contribution is 5.94. The van der Waals surface area contributed by atoms with E-state index in [0.717, 1.165) is 17.2 Å². The number of aromatic nitrogens is 1. The zero-order valence-electron chi connectivity index (χ0n) is 10.8. The summed E-state index contributed by atoms with van der Waals surface area (Å²) in [6, 6.07) is 1.04. The lowest BCUT2D eigenvalue weighted by atomic mass is 10.2. The molecular formula is C12H12F5N3O. The maximum Gasteiger partial charge on any atom is 0.401 e. The molecule has 0 aromatic carbocycles. The smallest absolute Gasteiger partial charge is 0.336 e. The maximum atomic E-state index is 13.5. The van der Waals surface area contributed by atoms with Crippen molar-refractivity contribution >= 4 is 5.91 Å². The van der Waals surface area contributed by atoms with Crippen molar-refractivity contribution in [2.45, 2.75) is 6.18 Å². The highest BCUT2D eigenvalue weighted by atomic mass is 19.4. The van der Waals surface area contributed by atoms with Crippen LogP contribution in [0.25, 0.3) is 0 Å². The number of hydrogen-bond donors (Lipinski definition) is 0. The van der Waals surface area contributed by atoms with E-state index in [-0.39, 0.29) is 26.2 Å². The molecule has 1 saturated heterocycles. The van der Waals surface area contributed by atoms with Crippen LogP contribution in [0.15, 0.2) is 12.3 Å². The minimum absolute atomic E-state index is 0.0261. The standard InChI is InChI=1S/C12H12F5N3O/c13-9-8(1-2-18-10(9)14)11(21)20-5-3-19(4-6-20)7-12(15,16)17/h1-2H,3-7H2. The van der Waals surface area contributed by atoms with Gasteiger partial charge in [-0.1, -0.05) is 0 Å². The van der Waals surface area contributed by atoms with Crippen LogP contribution in [-0.4, -0.2) is 59.6 Å². The monoisotopic (exact) mass is 309 g/mol. The van der Waals surface area contributed by atoms with Gasteiger partial charge in [-0.25, -0.2) is 9.37 Å². The van der Waals surface area contributed by atoms with Gasteiger partial charge in [0.15, 0.2) is 5.82 Å². The van der Waals surface area contributed by atoms with Crippen molar-refractivity contribution < 1.29 is 26.7 Å². The highest BCUT2D eigenvalue weighted by Gasteiger charge is 2.33. The third kappa shape index (κ3) is 3.87. The number of nitrogens with zero attached hydrogens (tertiary/aromatic N) is 3. The number of carbonyl (C=O) groups is 1. The van der Waals surface area contributed by atoms with E-state index >= 15 is 0 Å². The summed E-state index contributed by atoms with van der Waals surface area (Å²) in [5.41, 5.74) is -0.466.